The number of rotatable bonds is 4. The minimum atomic E-state index is -1.08. The lowest BCUT2D eigenvalue weighted by Gasteiger charge is -2.10. The summed E-state index contributed by atoms with van der Waals surface area (Å²) in [5.41, 5.74) is 0.357. The number of benzene rings is 1. The number of aromatic nitrogens is 2. The van der Waals surface area contributed by atoms with Gasteiger partial charge < -0.3 is 9.84 Å². The highest BCUT2D eigenvalue weighted by Crippen LogP contribution is 2.33. The molecule has 0 aliphatic rings. The van der Waals surface area contributed by atoms with Gasteiger partial charge in [-0.15, -0.1) is 0 Å². The van der Waals surface area contributed by atoms with Crippen molar-refractivity contribution in [2.75, 3.05) is 0 Å². The van der Waals surface area contributed by atoms with Gasteiger partial charge in [0.15, 0.2) is 0 Å². The summed E-state index contributed by atoms with van der Waals surface area (Å²) in [5.74, 6) is -0.483. The second-order valence-electron chi connectivity index (χ2n) is 3.53. The van der Waals surface area contributed by atoms with E-state index in [1.165, 1.54) is 12.5 Å². The Morgan fingerprint density at radius 2 is 2.00 bits per heavy atom. The number of hydrogen-bond donors (Lipinski definition) is 1. The van der Waals surface area contributed by atoms with Crippen LogP contribution in [0.15, 0.2) is 39.7 Å². The molecule has 0 saturated heterocycles. The standard InChI is InChI=1S/C12H8Br2N2O3/c13-8-2-1-3-9(14)11(8)19-5-10-7(12(17)18)4-15-6-16-10/h1-4,6H,5H2,(H,17,18). The highest BCUT2D eigenvalue weighted by Gasteiger charge is 2.13. The molecular formula is C12H8Br2N2O3. The van der Waals surface area contributed by atoms with E-state index in [2.05, 4.69) is 41.8 Å². The first-order valence-electron chi connectivity index (χ1n) is 5.18. The monoisotopic (exact) mass is 386 g/mol. The Bertz CT molecular complexity index is 599. The molecule has 0 radical (unpaired) electrons. The van der Waals surface area contributed by atoms with Crippen LogP contribution in [0.5, 0.6) is 5.75 Å². The largest absolute Gasteiger partial charge is 0.485 e. The second kappa shape index (κ2) is 6.12. The molecule has 1 heterocycles. The maximum absolute atomic E-state index is 11.0. The summed E-state index contributed by atoms with van der Waals surface area (Å²) in [6.45, 7) is 0.0470. The van der Waals surface area contributed by atoms with E-state index in [1.54, 1.807) is 0 Å². The first kappa shape index (κ1) is 14.0. The third-order valence-electron chi connectivity index (χ3n) is 2.30. The van der Waals surface area contributed by atoms with Gasteiger partial charge in [0.05, 0.1) is 14.6 Å². The van der Waals surface area contributed by atoms with Crippen LogP contribution < -0.4 is 4.74 Å². The average Bonchev–Trinajstić information content (AvgIpc) is 2.38. The summed E-state index contributed by atoms with van der Waals surface area (Å²) < 4.78 is 7.14. The van der Waals surface area contributed by atoms with Crippen molar-refractivity contribution in [3.8, 4) is 5.75 Å². The predicted octanol–water partition coefficient (Wildman–Crippen LogP) is 3.28. The number of halogens is 2. The van der Waals surface area contributed by atoms with Gasteiger partial charge in [0.1, 0.15) is 24.2 Å². The summed E-state index contributed by atoms with van der Waals surface area (Å²) in [5, 5.41) is 9.02. The molecule has 98 valence electrons. The fourth-order valence-corrected chi connectivity index (χ4v) is 2.64. The van der Waals surface area contributed by atoms with Gasteiger partial charge in [0.25, 0.3) is 0 Å². The molecular weight excluding hydrogens is 380 g/mol. The highest BCUT2D eigenvalue weighted by molar-refractivity contribution is 9.11. The van der Waals surface area contributed by atoms with Crippen molar-refractivity contribution >= 4 is 37.8 Å². The SMILES string of the molecule is O=C(O)c1cncnc1COc1c(Br)cccc1Br. The van der Waals surface area contributed by atoms with Gasteiger partial charge in [0.2, 0.25) is 0 Å². The Hall–Kier alpha value is -1.47. The predicted molar refractivity (Wildman–Crippen MR) is 75.2 cm³/mol. The van der Waals surface area contributed by atoms with Crippen LogP contribution in [0.2, 0.25) is 0 Å². The first-order chi connectivity index (χ1) is 9.09. The molecule has 0 amide bonds. The van der Waals surface area contributed by atoms with Gasteiger partial charge in [0, 0.05) is 6.20 Å². The van der Waals surface area contributed by atoms with Crippen molar-refractivity contribution in [1.82, 2.24) is 9.97 Å². The molecule has 1 aromatic carbocycles. The number of para-hydroxylation sites is 1. The van der Waals surface area contributed by atoms with Crippen LogP contribution in [-0.4, -0.2) is 21.0 Å². The van der Waals surface area contributed by atoms with Gasteiger partial charge in [-0.1, -0.05) is 6.07 Å². The normalized spacial score (nSPS) is 10.2. The second-order valence-corrected chi connectivity index (χ2v) is 5.24. The number of aromatic carboxylic acids is 1. The van der Waals surface area contributed by atoms with Gasteiger partial charge in [-0.2, -0.15) is 0 Å². The van der Waals surface area contributed by atoms with E-state index in [4.69, 9.17) is 9.84 Å². The van der Waals surface area contributed by atoms with Crippen LogP contribution in [0.25, 0.3) is 0 Å². The Labute approximate surface area is 125 Å². The minimum absolute atomic E-state index is 0.0330. The maximum Gasteiger partial charge on any atom is 0.339 e. The third kappa shape index (κ3) is 3.30. The fourth-order valence-electron chi connectivity index (χ4n) is 1.41. The van der Waals surface area contributed by atoms with Crippen LogP contribution in [0.1, 0.15) is 16.1 Å². The quantitative estimate of drug-likeness (QED) is 0.871. The Morgan fingerprint density at radius 1 is 1.32 bits per heavy atom. The number of nitrogens with zero attached hydrogens (tertiary/aromatic N) is 2. The molecule has 0 atom stereocenters. The molecule has 0 bridgehead atoms. The topological polar surface area (TPSA) is 72.3 Å². The molecule has 7 heteroatoms. The Morgan fingerprint density at radius 3 is 2.63 bits per heavy atom. The molecule has 1 aromatic heterocycles. The van der Waals surface area contributed by atoms with Crippen molar-refractivity contribution < 1.29 is 14.6 Å². The first-order valence-corrected chi connectivity index (χ1v) is 6.77. The lowest BCUT2D eigenvalue weighted by Crippen LogP contribution is -2.08. The van der Waals surface area contributed by atoms with Crippen molar-refractivity contribution in [1.29, 1.82) is 0 Å². The van der Waals surface area contributed by atoms with E-state index in [1.807, 2.05) is 18.2 Å². The zero-order valence-electron chi connectivity index (χ0n) is 9.51. The molecule has 0 unspecified atom stereocenters. The number of ether oxygens (including phenoxy) is 1. The Balaban J connectivity index is 2.22. The zero-order valence-corrected chi connectivity index (χ0v) is 12.7. The minimum Gasteiger partial charge on any atom is -0.485 e. The number of carbonyl (C=O) groups is 1. The third-order valence-corrected chi connectivity index (χ3v) is 3.55. The molecule has 0 spiro atoms. The van der Waals surface area contributed by atoms with Crippen molar-refractivity contribution in [3.05, 3.63) is 50.9 Å². The molecule has 19 heavy (non-hydrogen) atoms. The Kier molecular flexibility index (Phi) is 4.49. The van der Waals surface area contributed by atoms with Gasteiger partial charge >= 0.3 is 5.97 Å². The molecule has 0 aliphatic heterocycles. The fraction of sp³-hybridized carbons (Fsp3) is 0.0833. The van der Waals surface area contributed by atoms with Crippen molar-refractivity contribution in [3.63, 3.8) is 0 Å². The maximum atomic E-state index is 11.0. The van der Waals surface area contributed by atoms with E-state index in [0.717, 1.165) is 8.95 Å². The lowest BCUT2D eigenvalue weighted by atomic mass is 10.2. The van der Waals surface area contributed by atoms with Gasteiger partial charge in [-0.3, -0.25) is 0 Å². The molecule has 0 fully saturated rings. The smallest absolute Gasteiger partial charge is 0.339 e. The molecule has 0 saturated carbocycles. The lowest BCUT2D eigenvalue weighted by molar-refractivity contribution is 0.0692. The van der Waals surface area contributed by atoms with E-state index in [0.29, 0.717) is 11.4 Å². The molecule has 5 nitrogen and oxygen atoms in total. The summed E-state index contributed by atoms with van der Waals surface area (Å²) in [6.07, 6.45) is 2.54. The summed E-state index contributed by atoms with van der Waals surface area (Å²) >= 11 is 6.73. The van der Waals surface area contributed by atoms with Gasteiger partial charge in [-0.05, 0) is 44.0 Å². The number of hydrogen-bond acceptors (Lipinski definition) is 4. The number of carboxylic acid groups (broad SMARTS) is 1. The van der Waals surface area contributed by atoms with E-state index in [-0.39, 0.29) is 12.2 Å². The van der Waals surface area contributed by atoms with Crippen LogP contribution in [0.3, 0.4) is 0 Å². The summed E-state index contributed by atoms with van der Waals surface area (Å²) in [7, 11) is 0. The highest BCUT2D eigenvalue weighted by atomic mass is 79.9. The van der Waals surface area contributed by atoms with Crippen LogP contribution >= 0.6 is 31.9 Å². The van der Waals surface area contributed by atoms with Crippen LogP contribution in [-0.2, 0) is 6.61 Å². The summed E-state index contributed by atoms with van der Waals surface area (Å²) in [6, 6.07) is 5.52. The van der Waals surface area contributed by atoms with Crippen LogP contribution in [0.4, 0.5) is 0 Å². The average molecular weight is 388 g/mol. The number of carboxylic acids is 1. The summed E-state index contributed by atoms with van der Waals surface area (Å²) in [4.78, 5) is 18.6. The van der Waals surface area contributed by atoms with E-state index in [9.17, 15) is 4.79 Å². The molecule has 1 N–H and O–H groups in total. The van der Waals surface area contributed by atoms with E-state index < -0.39 is 5.97 Å². The molecule has 2 aromatic rings. The molecule has 2 rings (SSSR count). The van der Waals surface area contributed by atoms with Crippen molar-refractivity contribution in [2.45, 2.75) is 6.61 Å². The zero-order chi connectivity index (χ0) is 13.8. The molecule has 0 aliphatic carbocycles. The van der Waals surface area contributed by atoms with Crippen LogP contribution in [0, 0.1) is 0 Å². The van der Waals surface area contributed by atoms with E-state index >= 15 is 0 Å². The van der Waals surface area contributed by atoms with Crippen molar-refractivity contribution in [2.24, 2.45) is 0 Å². The van der Waals surface area contributed by atoms with Gasteiger partial charge in [-0.25, -0.2) is 14.8 Å².